The van der Waals surface area contributed by atoms with Crippen LogP contribution in [0.4, 0.5) is 5.82 Å². The summed E-state index contributed by atoms with van der Waals surface area (Å²) in [5.74, 6) is 1.51. The number of benzene rings is 3. The zero-order valence-electron chi connectivity index (χ0n) is 13.6. The lowest BCUT2D eigenvalue weighted by molar-refractivity contribution is 1.30. The maximum Gasteiger partial charge on any atom is 0.178 e. The van der Waals surface area contributed by atoms with Crippen LogP contribution in [0.25, 0.3) is 22.6 Å². The smallest absolute Gasteiger partial charge is 0.178 e. The van der Waals surface area contributed by atoms with Crippen LogP contribution in [0.15, 0.2) is 96.0 Å². The number of nitrogens with zero attached hydrogens (tertiary/aromatic N) is 2. The Bertz CT molecular complexity index is 972. The molecule has 120 valence electrons. The first-order chi connectivity index (χ1) is 12.4. The minimum absolute atomic E-state index is 0.689. The molecule has 0 aliphatic carbocycles. The third kappa shape index (κ3) is 3.40. The average Bonchev–Trinajstić information content (AvgIpc) is 3.13. The number of rotatable bonds is 4. The third-order valence-corrected chi connectivity index (χ3v) is 3.93. The molecule has 25 heavy (non-hydrogen) atoms. The molecular weight excluding hydrogens is 306 g/mol. The number of hydrogen-bond donors (Lipinski definition) is 1. The molecule has 0 amide bonds. The van der Waals surface area contributed by atoms with Crippen molar-refractivity contribution in [3.63, 3.8) is 0 Å². The molecule has 3 nitrogen and oxygen atoms in total. The van der Waals surface area contributed by atoms with Crippen molar-refractivity contribution in [2.45, 2.75) is 0 Å². The predicted octanol–water partition coefficient (Wildman–Crippen LogP) is 5.49. The second-order valence-corrected chi connectivity index (χ2v) is 5.68. The van der Waals surface area contributed by atoms with Crippen molar-refractivity contribution in [1.29, 1.82) is 0 Å². The van der Waals surface area contributed by atoms with Crippen molar-refractivity contribution in [3.05, 3.63) is 96.6 Å². The van der Waals surface area contributed by atoms with E-state index in [1.807, 2.05) is 85.1 Å². The van der Waals surface area contributed by atoms with Gasteiger partial charge >= 0.3 is 0 Å². The van der Waals surface area contributed by atoms with Gasteiger partial charge in [0.1, 0.15) is 5.82 Å². The van der Waals surface area contributed by atoms with E-state index in [0.29, 0.717) is 5.82 Å². The number of H-pyrrole nitrogens is 1. The zero-order valence-corrected chi connectivity index (χ0v) is 13.6. The molecule has 0 radical (unpaired) electrons. The molecule has 0 spiro atoms. The van der Waals surface area contributed by atoms with Crippen LogP contribution < -0.4 is 0 Å². The summed E-state index contributed by atoms with van der Waals surface area (Å²) in [7, 11) is 0. The van der Waals surface area contributed by atoms with E-state index in [2.05, 4.69) is 22.1 Å². The molecule has 0 aliphatic rings. The summed E-state index contributed by atoms with van der Waals surface area (Å²) >= 11 is 0. The van der Waals surface area contributed by atoms with E-state index in [9.17, 15) is 0 Å². The molecule has 4 aromatic rings. The number of imidazole rings is 1. The summed E-state index contributed by atoms with van der Waals surface area (Å²) in [5.41, 5.74) is 4.08. The lowest BCUT2D eigenvalue weighted by Crippen LogP contribution is -1.81. The summed E-state index contributed by atoms with van der Waals surface area (Å²) in [5, 5.41) is 0. The molecule has 4 rings (SSSR count). The van der Waals surface area contributed by atoms with Crippen LogP contribution in [0.3, 0.4) is 0 Å². The maximum absolute atomic E-state index is 4.72. The molecule has 0 saturated heterocycles. The first-order valence-electron chi connectivity index (χ1n) is 8.20. The van der Waals surface area contributed by atoms with Crippen LogP contribution in [0.5, 0.6) is 0 Å². The standard InChI is InChI=1S/C22H17N3/c1-4-10-17(11-5-1)16-23-22-20(18-12-6-2-7-13-18)24-21(25-22)19-14-8-3-9-15-19/h1-16H,(H,24,25)/b23-16+. The van der Waals surface area contributed by atoms with Crippen molar-refractivity contribution in [2.75, 3.05) is 0 Å². The molecule has 0 fully saturated rings. The van der Waals surface area contributed by atoms with Crippen LogP contribution in [0, 0.1) is 0 Å². The van der Waals surface area contributed by atoms with Gasteiger partial charge in [-0.3, -0.25) is 0 Å². The molecule has 3 heteroatoms. The highest BCUT2D eigenvalue weighted by Crippen LogP contribution is 2.31. The van der Waals surface area contributed by atoms with Crippen LogP contribution in [0.1, 0.15) is 5.56 Å². The van der Waals surface area contributed by atoms with Crippen LogP contribution in [0.2, 0.25) is 0 Å². The van der Waals surface area contributed by atoms with Gasteiger partial charge in [-0.2, -0.15) is 0 Å². The van der Waals surface area contributed by atoms with E-state index in [1.54, 1.807) is 0 Å². The molecule has 3 aromatic carbocycles. The number of aliphatic imine (C=N–C) groups is 1. The summed E-state index contributed by atoms with van der Waals surface area (Å²) in [6.07, 6.45) is 1.84. The summed E-state index contributed by atoms with van der Waals surface area (Å²) in [4.78, 5) is 12.8. The minimum atomic E-state index is 0.689. The summed E-state index contributed by atoms with van der Waals surface area (Å²) < 4.78 is 0. The van der Waals surface area contributed by atoms with E-state index in [1.165, 1.54) is 0 Å². The van der Waals surface area contributed by atoms with Gasteiger partial charge < -0.3 is 4.98 Å². The molecular formula is C22H17N3. The fourth-order valence-corrected chi connectivity index (χ4v) is 2.67. The zero-order chi connectivity index (χ0) is 16.9. The van der Waals surface area contributed by atoms with E-state index in [-0.39, 0.29) is 0 Å². The van der Waals surface area contributed by atoms with Crippen molar-refractivity contribution < 1.29 is 0 Å². The molecule has 0 bridgehead atoms. The monoisotopic (exact) mass is 323 g/mol. The fourth-order valence-electron chi connectivity index (χ4n) is 2.67. The lowest BCUT2D eigenvalue weighted by Gasteiger charge is -1.98. The Kier molecular flexibility index (Phi) is 4.21. The van der Waals surface area contributed by atoms with Crippen molar-refractivity contribution in [3.8, 4) is 22.6 Å². The Morgan fingerprint density at radius 3 is 1.88 bits per heavy atom. The molecule has 1 heterocycles. The van der Waals surface area contributed by atoms with Crippen molar-refractivity contribution in [2.24, 2.45) is 4.99 Å². The molecule has 0 atom stereocenters. The Balaban J connectivity index is 1.78. The highest BCUT2D eigenvalue weighted by molar-refractivity contribution is 5.84. The van der Waals surface area contributed by atoms with Crippen LogP contribution in [-0.4, -0.2) is 16.2 Å². The summed E-state index contributed by atoms with van der Waals surface area (Å²) in [6, 6.07) is 30.3. The first kappa shape index (κ1) is 15.1. The normalized spacial score (nSPS) is 11.0. The quantitative estimate of drug-likeness (QED) is 0.495. The SMILES string of the molecule is C(=N\c1nc(-c2ccccc2)[nH]c1-c1ccccc1)/c1ccccc1. The predicted molar refractivity (Wildman–Crippen MR) is 103 cm³/mol. The molecule has 0 saturated carbocycles. The van der Waals surface area contributed by atoms with Crippen molar-refractivity contribution in [1.82, 2.24) is 9.97 Å². The van der Waals surface area contributed by atoms with Crippen LogP contribution in [-0.2, 0) is 0 Å². The second-order valence-electron chi connectivity index (χ2n) is 5.68. The fraction of sp³-hybridized carbons (Fsp3) is 0. The van der Waals surface area contributed by atoms with E-state index in [4.69, 9.17) is 4.98 Å². The average molecular weight is 323 g/mol. The van der Waals surface area contributed by atoms with Gasteiger partial charge in [-0.1, -0.05) is 91.0 Å². The number of aromatic nitrogens is 2. The third-order valence-electron chi connectivity index (χ3n) is 3.93. The van der Waals surface area contributed by atoms with Gasteiger partial charge in [0.05, 0.1) is 5.69 Å². The number of aromatic amines is 1. The van der Waals surface area contributed by atoms with Gasteiger partial charge in [0.25, 0.3) is 0 Å². The van der Waals surface area contributed by atoms with Crippen LogP contribution >= 0.6 is 0 Å². The minimum Gasteiger partial charge on any atom is -0.336 e. The second kappa shape index (κ2) is 6.97. The molecule has 0 unspecified atom stereocenters. The van der Waals surface area contributed by atoms with Gasteiger partial charge in [0.15, 0.2) is 5.82 Å². The van der Waals surface area contributed by atoms with Gasteiger partial charge in [-0.15, -0.1) is 0 Å². The molecule has 1 aromatic heterocycles. The van der Waals surface area contributed by atoms with E-state index >= 15 is 0 Å². The first-order valence-corrected chi connectivity index (χ1v) is 8.20. The summed E-state index contributed by atoms with van der Waals surface area (Å²) in [6.45, 7) is 0. The number of nitrogens with one attached hydrogen (secondary N) is 1. The Morgan fingerprint density at radius 2 is 1.24 bits per heavy atom. The number of hydrogen-bond acceptors (Lipinski definition) is 2. The van der Waals surface area contributed by atoms with Gasteiger partial charge in [0, 0.05) is 17.3 Å². The maximum atomic E-state index is 4.72. The molecule has 0 aliphatic heterocycles. The Labute approximate surface area is 146 Å². The largest absolute Gasteiger partial charge is 0.336 e. The lowest BCUT2D eigenvalue weighted by atomic mass is 10.1. The van der Waals surface area contributed by atoms with E-state index in [0.717, 1.165) is 28.2 Å². The Hall–Kier alpha value is -3.46. The van der Waals surface area contributed by atoms with Gasteiger partial charge in [0.2, 0.25) is 0 Å². The Morgan fingerprint density at radius 1 is 0.680 bits per heavy atom. The van der Waals surface area contributed by atoms with Gasteiger partial charge in [-0.25, -0.2) is 9.98 Å². The topological polar surface area (TPSA) is 41.0 Å². The highest BCUT2D eigenvalue weighted by atomic mass is 15.0. The highest BCUT2D eigenvalue weighted by Gasteiger charge is 2.12. The molecule has 1 N–H and O–H groups in total. The van der Waals surface area contributed by atoms with E-state index < -0.39 is 0 Å². The van der Waals surface area contributed by atoms with Gasteiger partial charge in [-0.05, 0) is 5.56 Å². The van der Waals surface area contributed by atoms with Crippen molar-refractivity contribution >= 4 is 12.0 Å².